The van der Waals surface area contributed by atoms with Gasteiger partial charge in [-0.3, -0.25) is 0 Å². The molecule has 0 radical (unpaired) electrons. The Hall–Kier alpha value is -2.34. The van der Waals surface area contributed by atoms with Gasteiger partial charge in [0.05, 0.1) is 0 Å². The summed E-state index contributed by atoms with van der Waals surface area (Å²) >= 11 is 0. The van der Waals surface area contributed by atoms with Crippen LogP contribution in [0.2, 0.25) is 0 Å². The Morgan fingerprint density at radius 2 is 1.57 bits per heavy atom. The summed E-state index contributed by atoms with van der Waals surface area (Å²) in [5, 5.41) is 0. The molecule has 3 unspecified atom stereocenters. The third-order valence-corrected chi connectivity index (χ3v) is 7.54. The molecule has 35 heavy (non-hydrogen) atoms. The third kappa shape index (κ3) is 7.33. The first-order chi connectivity index (χ1) is 16.6. The Morgan fingerprint density at radius 1 is 0.971 bits per heavy atom. The summed E-state index contributed by atoms with van der Waals surface area (Å²) in [5.74, 6) is 1.75. The van der Waals surface area contributed by atoms with E-state index in [4.69, 9.17) is 0 Å². The van der Waals surface area contributed by atoms with E-state index in [0.717, 1.165) is 6.42 Å². The van der Waals surface area contributed by atoms with Crippen LogP contribution in [0.1, 0.15) is 112 Å². The maximum Gasteiger partial charge on any atom is 0.0161 e. The molecule has 1 aliphatic carbocycles. The summed E-state index contributed by atoms with van der Waals surface area (Å²) in [7, 11) is 0. The molecule has 0 fully saturated rings. The van der Waals surface area contributed by atoms with E-state index in [2.05, 4.69) is 117 Å². The van der Waals surface area contributed by atoms with Gasteiger partial charge in [0, 0.05) is 5.41 Å². The van der Waals surface area contributed by atoms with Crippen LogP contribution in [0.3, 0.4) is 0 Å². The first kappa shape index (κ1) is 32.7. The van der Waals surface area contributed by atoms with Crippen molar-refractivity contribution in [1.29, 1.82) is 0 Å². The minimum Gasteiger partial charge on any atom is -0.0987 e. The fraction of sp³-hybridized carbons (Fsp3) is 0.486. The molecule has 0 heteroatoms. The van der Waals surface area contributed by atoms with Crippen LogP contribution in [0.25, 0.3) is 17.7 Å². The van der Waals surface area contributed by atoms with Crippen molar-refractivity contribution < 1.29 is 0 Å². The predicted octanol–water partition coefficient (Wildman–Crippen LogP) is 11.5. The first-order valence-corrected chi connectivity index (χ1v) is 13.7. The van der Waals surface area contributed by atoms with Crippen LogP contribution in [-0.4, -0.2) is 0 Å². The molecule has 1 aromatic carbocycles. The maximum absolute atomic E-state index is 4.18. The molecule has 1 aromatic rings. The Labute approximate surface area is 219 Å². The van der Waals surface area contributed by atoms with Crippen LogP contribution in [0, 0.1) is 17.8 Å². The van der Waals surface area contributed by atoms with Crippen molar-refractivity contribution in [2.75, 3.05) is 0 Å². The van der Waals surface area contributed by atoms with Gasteiger partial charge in [0.1, 0.15) is 0 Å². The van der Waals surface area contributed by atoms with Crippen LogP contribution in [0.15, 0.2) is 66.8 Å². The maximum atomic E-state index is 4.18. The monoisotopic (exact) mass is 474 g/mol. The van der Waals surface area contributed by atoms with E-state index in [1.165, 1.54) is 39.0 Å². The predicted molar refractivity (Wildman–Crippen MR) is 165 cm³/mol. The lowest BCUT2D eigenvalue weighted by Crippen LogP contribution is -2.18. The highest BCUT2D eigenvalue weighted by Gasteiger charge is 2.37. The minimum atomic E-state index is -0.0716. The Bertz CT molecular complexity index is 942. The van der Waals surface area contributed by atoms with Gasteiger partial charge in [-0.25, -0.2) is 0 Å². The summed E-state index contributed by atoms with van der Waals surface area (Å²) < 4.78 is 0. The van der Waals surface area contributed by atoms with Crippen molar-refractivity contribution in [3.63, 3.8) is 0 Å². The fourth-order valence-electron chi connectivity index (χ4n) is 5.07. The van der Waals surface area contributed by atoms with Gasteiger partial charge in [-0.15, -0.1) is 0 Å². The van der Waals surface area contributed by atoms with E-state index in [9.17, 15) is 0 Å². The Morgan fingerprint density at radius 3 is 2.06 bits per heavy atom. The summed E-state index contributed by atoms with van der Waals surface area (Å²) in [4.78, 5) is 0. The second-order valence-corrected chi connectivity index (χ2v) is 9.59. The van der Waals surface area contributed by atoms with Crippen LogP contribution in [-0.2, 0) is 5.41 Å². The zero-order valence-corrected chi connectivity index (χ0v) is 25.0. The van der Waals surface area contributed by atoms with Crippen LogP contribution < -0.4 is 0 Å². The highest BCUT2D eigenvalue weighted by atomic mass is 14.4. The van der Waals surface area contributed by atoms with E-state index in [1.54, 1.807) is 0 Å². The molecular formula is C35H54. The third-order valence-electron chi connectivity index (χ3n) is 7.54. The van der Waals surface area contributed by atoms with E-state index < -0.39 is 0 Å². The lowest BCUT2D eigenvalue weighted by atomic mass is 9.78. The fourth-order valence-corrected chi connectivity index (χ4v) is 5.07. The van der Waals surface area contributed by atoms with E-state index in [0.29, 0.717) is 17.8 Å². The summed E-state index contributed by atoms with van der Waals surface area (Å²) in [5.41, 5.74) is 9.37. The number of hydrogen-bond acceptors (Lipinski definition) is 0. The normalized spacial score (nSPS) is 17.2. The van der Waals surface area contributed by atoms with E-state index in [-0.39, 0.29) is 5.41 Å². The molecule has 0 N–H and O–H groups in total. The molecule has 0 aliphatic heterocycles. The SMILES string of the molecule is C=CC1=C(C/C=C/C(C)C(C)C(C)/C(C)=C/C)c2ccc(/C=C\C)c(C=C)c2C1(C)C.CC.CC. The van der Waals surface area contributed by atoms with Crippen molar-refractivity contribution in [2.45, 2.75) is 94.9 Å². The number of rotatable bonds is 9. The molecular weight excluding hydrogens is 420 g/mol. The van der Waals surface area contributed by atoms with Crippen LogP contribution in [0.4, 0.5) is 0 Å². The van der Waals surface area contributed by atoms with Crippen molar-refractivity contribution in [1.82, 2.24) is 0 Å². The van der Waals surface area contributed by atoms with Crippen LogP contribution >= 0.6 is 0 Å². The minimum absolute atomic E-state index is 0.0716. The van der Waals surface area contributed by atoms with Gasteiger partial charge < -0.3 is 0 Å². The lowest BCUT2D eigenvalue weighted by Gasteiger charge is -2.25. The smallest absolute Gasteiger partial charge is 0.0161 e. The number of allylic oxidation sites excluding steroid dienone is 8. The van der Waals surface area contributed by atoms with Crippen molar-refractivity contribution in [3.8, 4) is 0 Å². The quantitative estimate of drug-likeness (QED) is 0.312. The molecule has 0 nitrogen and oxygen atoms in total. The Balaban J connectivity index is 0.00000274. The molecule has 3 atom stereocenters. The average Bonchev–Trinajstić information content (AvgIpc) is 3.10. The molecule has 0 spiro atoms. The number of hydrogen-bond donors (Lipinski definition) is 0. The lowest BCUT2D eigenvalue weighted by molar-refractivity contribution is 0.358. The second-order valence-electron chi connectivity index (χ2n) is 9.59. The van der Waals surface area contributed by atoms with Crippen molar-refractivity contribution >= 4 is 17.7 Å². The van der Waals surface area contributed by atoms with Gasteiger partial charge in [0.25, 0.3) is 0 Å². The standard InChI is InChI=1S/C31H42.2C2H6/c1-11-16-25-19-20-28-27(29(14-4)31(9,10)30(28)26(25)13-3)18-15-17-22(6)24(8)23(7)21(5)12-2;2*1-2/h11-17,19-20,22-24H,3-4,18H2,1-2,5-10H3;2*1-2H3/b16-11-,17-15+,21-12+;;. The largest absolute Gasteiger partial charge is 0.0987 e. The van der Waals surface area contributed by atoms with E-state index in [1.807, 2.05) is 33.8 Å². The zero-order chi connectivity index (χ0) is 27.3. The zero-order valence-electron chi connectivity index (χ0n) is 25.0. The van der Waals surface area contributed by atoms with Gasteiger partial charge in [0.15, 0.2) is 0 Å². The highest BCUT2D eigenvalue weighted by molar-refractivity contribution is 5.87. The second kappa shape index (κ2) is 15.6. The molecule has 0 saturated heterocycles. The summed E-state index contributed by atoms with van der Waals surface area (Å²) in [6.07, 6.45) is 16.3. The highest BCUT2D eigenvalue weighted by Crippen LogP contribution is 2.50. The molecule has 1 aliphatic rings. The molecule has 0 aromatic heterocycles. The molecule has 0 bridgehead atoms. The van der Waals surface area contributed by atoms with Gasteiger partial charge in [-0.05, 0) is 78.3 Å². The summed E-state index contributed by atoms with van der Waals surface area (Å²) in [6, 6.07) is 4.52. The van der Waals surface area contributed by atoms with Gasteiger partial charge in [-0.2, -0.15) is 0 Å². The molecule has 0 amide bonds. The molecule has 194 valence electrons. The van der Waals surface area contributed by atoms with Crippen LogP contribution in [0.5, 0.6) is 0 Å². The number of benzene rings is 1. The van der Waals surface area contributed by atoms with E-state index >= 15 is 0 Å². The molecule has 2 rings (SSSR count). The summed E-state index contributed by atoms with van der Waals surface area (Å²) in [6.45, 7) is 34.5. The van der Waals surface area contributed by atoms with Crippen molar-refractivity contribution in [3.05, 3.63) is 89.1 Å². The van der Waals surface area contributed by atoms with Gasteiger partial charge in [-0.1, -0.05) is 136 Å². The van der Waals surface area contributed by atoms with Gasteiger partial charge >= 0.3 is 0 Å². The average molecular weight is 475 g/mol. The van der Waals surface area contributed by atoms with Crippen molar-refractivity contribution in [2.24, 2.45) is 17.8 Å². The Kier molecular flexibility index (Phi) is 14.6. The molecule has 0 heterocycles. The molecule has 0 saturated carbocycles. The van der Waals surface area contributed by atoms with Gasteiger partial charge in [0.2, 0.25) is 0 Å². The number of fused-ring (bicyclic) bond motifs is 1. The topological polar surface area (TPSA) is 0 Å². The first-order valence-electron chi connectivity index (χ1n) is 13.7.